The highest BCUT2D eigenvalue weighted by Gasteiger charge is 2.00. The van der Waals surface area contributed by atoms with Gasteiger partial charge in [-0.3, -0.25) is 0 Å². The third-order valence-corrected chi connectivity index (χ3v) is 2.47. The lowest BCUT2D eigenvalue weighted by Crippen LogP contribution is -2.10. The molecule has 0 fully saturated rings. The number of anilines is 1. The number of aromatic nitrogens is 1. The lowest BCUT2D eigenvalue weighted by atomic mass is 10.3. The zero-order valence-corrected chi connectivity index (χ0v) is 10.4. The summed E-state index contributed by atoms with van der Waals surface area (Å²) >= 11 is 5.77. The van der Waals surface area contributed by atoms with Gasteiger partial charge in [0.05, 0.1) is 0 Å². The van der Waals surface area contributed by atoms with E-state index in [1.165, 1.54) is 0 Å². The number of hydrogen-bond donors (Lipinski definition) is 1. The quantitative estimate of drug-likeness (QED) is 0.844. The van der Waals surface area contributed by atoms with Gasteiger partial charge in [-0.1, -0.05) is 11.6 Å². The smallest absolute Gasteiger partial charge is 0.166 e. The average molecular weight is 265 g/mol. The molecule has 1 aromatic heterocycles. The summed E-state index contributed by atoms with van der Waals surface area (Å²) in [5.41, 5.74) is 5.64. The van der Waals surface area contributed by atoms with Crippen molar-refractivity contribution in [3.05, 3.63) is 47.6 Å². The van der Waals surface area contributed by atoms with Gasteiger partial charge in [-0.15, -0.1) is 0 Å². The zero-order chi connectivity index (χ0) is 12.8. The Hall–Kier alpha value is -1.94. The van der Waals surface area contributed by atoms with Crippen molar-refractivity contribution in [1.82, 2.24) is 4.98 Å². The normalized spacial score (nSPS) is 10.1. The Labute approximate surface area is 110 Å². The van der Waals surface area contributed by atoms with Gasteiger partial charge in [-0.05, 0) is 36.4 Å². The first-order valence-electron chi connectivity index (χ1n) is 5.47. The Balaban J connectivity index is 1.76. The van der Waals surface area contributed by atoms with Crippen molar-refractivity contribution < 1.29 is 9.47 Å². The summed E-state index contributed by atoms with van der Waals surface area (Å²) in [6, 6.07) is 10.7. The van der Waals surface area contributed by atoms with Gasteiger partial charge >= 0.3 is 0 Å². The summed E-state index contributed by atoms with van der Waals surface area (Å²) in [5, 5.41) is 0.682. The minimum atomic E-state index is 0.379. The molecule has 0 saturated heterocycles. The van der Waals surface area contributed by atoms with Crippen molar-refractivity contribution >= 4 is 17.4 Å². The van der Waals surface area contributed by atoms with Crippen molar-refractivity contribution in [1.29, 1.82) is 0 Å². The topological polar surface area (TPSA) is 57.4 Å². The van der Waals surface area contributed by atoms with Crippen LogP contribution in [-0.4, -0.2) is 18.2 Å². The van der Waals surface area contributed by atoms with E-state index < -0.39 is 0 Å². The lowest BCUT2D eigenvalue weighted by molar-refractivity contribution is 0.217. The van der Waals surface area contributed by atoms with E-state index >= 15 is 0 Å². The molecule has 0 aliphatic heterocycles. The van der Waals surface area contributed by atoms with E-state index in [9.17, 15) is 0 Å². The second-order valence-corrected chi connectivity index (χ2v) is 3.97. The Kier molecular flexibility index (Phi) is 4.25. The fourth-order valence-corrected chi connectivity index (χ4v) is 1.49. The molecule has 0 aliphatic rings. The van der Waals surface area contributed by atoms with Crippen molar-refractivity contribution in [3.63, 3.8) is 0 Å². The molecule has 5 heteroatoms. The van der Waals surface area contributed by atoms with Gasteiger partial charge in [0.25, 0.3) is 0 Å². The number of nitrogens with zero attached hydrogens (tertiary/aromatic N) is 1. The van der Waals surface area contributed by atoms with E-state index in [0.717, 1.165) is 5.75 Å². The van der Waals surface area contributed by atoms with Crippen LogP contribution in [0.3, 0.4) is 0 Å². The highest BCUT2D eigenvalue weighted by molar-refractivity contribution is 6.30. The predicted molar refractivity (Wildman–Crippen MR) is 71.1 cm³/mol. The molecule has 1 aromatic carbocycles. The van der Waals surface area contributed by atoms with Crippen LogP contribution in [0, 0.1) is 0 Å². The lowest BCUT2D eigenvalue weighted by Gasteiger charge is -2.09. The molecule has 0 bridgehead atoms. The monoisotopic (exact) mass is 264 g/mol. The highest BCUT2D eigenvalue weighted by atomic mass is 35.5. The number of benzene rings is 1. The Morgan fingerprint density at radius 2 is 1.78 bits per heavy atom. The first-order valence-corrected chi connectivity index (χ1v) is 5.85. The summed E-state index contributed by atoms with van der Waals surface area (Å²) in [6.45, 7) is 0.828. The predicted octanol–water partition coefficient (Wildman–Crippen LogP) is 2.78. The van der Waals surface area contributed by atoms with Crippen LogP contribution >= 0.6 is 11.6 Å². The maximum Gasteiger partial charge on any atom is 0.166 e. The molecular weight excluding hydrogens is 252 g/mol. The molecule has 2 aromatic rings. The van der Waals surface area contributed by atoms with Crippen LogP contribution in [0.1, 0.15) is 0 Å². The first kappa shape index (κ1) is 12.5. The van der Waals surface area contributed by atoms with Gasteiger partial charge in [0.15, 0.2) is 11.6 Å². The molecule has 0 saturated carbocycles. The molecule has 0 unspecified atom stereocenters. The molecule has 0 spiro atoms. The van der Waals surface area contributed by atoms with Gasteiger partial charge in [-0.25, -0.2) is 4.98 Å². The average Bonchev–Trinajstić information content (AvgIpc) is 2.39. The highest BCUT2D eigenvalue weighted by Crippen LogP contribution is 2.17. The molecule has 0 radical (unpaired) electrons. The van der Waals surface area contributed by atoms with Gasteiger partial charge in [0.2, 0.25) is 0 Å². The number of nitrogens with two attached hydrogens (primary N) is 1. The van der Waals surface area contributed by atoms with E-state index in [1.54, 1.807) is 42.6 Å². The van der Waals surface area contributed by atoms with Crippen LogP contribution in [0.25, 0.3) is 0 Å². The molecule has 2 N–H and O–H groups in total. The fraction of sp³-hybridized carbons (Fsp3) is 0.154. The molecule has 94 valence electrons. The molecule has 4 nitrogen and oxygen atoms in total. The Morgan fingerprint density at radius 3 is 2.50 bits per heavy atom. The third-order valence-electron chi connectivity index (χ3n) is 2.22. The SMILES string of the molecule is Nc1ncccc1OCCOc1ccc(Cl)cc1. The van der Waals surface area contributed by atoms with E-state index in [0.29, 0.717) is 29.8 Å². The number of halogens is 1. The van der Waals surface area contributed by atoms with Crippen molar-refractivity contribution in [2.75, 3.05) is 18.9 Å². The molecular formula is C13H13ClN2O2. The second kappa shape index (κ2) is 6.12. The largest absolute Gasteiger partial charge is 0.490 e. The summed E-state index contributed by atoms with van der Waals surface area (Å²) in [4.78, 5) is 3.92. The van der Waals surface area contributed by atoms with Gasteiger partial charge < -0.3 is 15.2 Å². The maximum atomic E-state index is 5.77. The van der Waals surface area contributed by atoms with Crippen LogP contribution in [0.4, 0.5) is 5.82 Å². The minimum Gasteiger partial charge on any atom is -0.490 e. The van der Waals surface area contributed by atoms with Gasteiger partial charge in [-0.2, -0.15) is 0 Å². The molecule has 0 amide bonds. The number of hydrogen-bond acceptors (Lipinski definition) is 4. The Morgan fingerprint density at radius 1 is 1.06 bits per heavy atom. The Bertz CT molecular complexity index is 503. The summed E-state index contributed by atoms with van der Waals surface area (Å²) in [5.74, 6) is 1.70. The number of ether oxygens (including phenoxy) is 2. The van der Waals surface area contributed by atoms with Gasteiger partial charge in [0.1, 0.15) is 19.0 Å². The molecule has 18 heavy (non-hydrogen) atoms. The summed E-state index contributed by atoms with van der Waals surface area (Å²) < 4.78 is 10.9. The molecule has 0 aliphatic carbocycles. The molecule has 0 atom stereocenters. The number of pyridine rings is 1. The number of nitrogen functional groups attached to an aromatic ring is 1. The number of rotatable bonds is 5. The van der Waals surface area contributed by atoms with Crippen LogP contribution in [0.5, 0.6) is 11.5 Å². The minimum absolute atomic E-state index is 0.379. The van der Waals surface area contributed by atoms with Crippen molar-refractivity contribution in [3.8, 4) is 11.5 Å². The zero-order valence-electron chi connectivity index (χ0n) is 9.67. The maximum absolute atomic E-state index is 5.77. The van der Waals surface area contributed by atoms with Crippen LogP contribution in [0.2, 0.25) is 5.02 Å². The standard InChI is InChI=1S/C13H13ClN2O2/c14-10-3-5-11(6-4-10)17-8-9-18-12-2-1-7-16-13(12)15/h1-7H,8-9H2,(H2,15,16). The van der Waals surface area contributed by atoms with Crippen LogP contribution in [-0.2, 0) is 0 Å². The van der Waals surface area contributed by atoms with Gasteiger partial charge in [0, 0.05) is 11.2 Å². The van der Waals surface area contributed by atoms with Crippen LogP contribution in [0.15, 0.2) is 42.6 Å². The van der Waals surface area contributed by atoms with Crippen LogP contribution < -0.4 is 15.2 Å². The first-order chi connectivity index (χ1) is 8.75. The van der Waals surface area contributed by atoms with E-state index in [4.69, 9.17) is 26.8 Å². The second-order valence-electron chi connectivity index (χ2n) is 3.54. The fourth-order valence-electron chi connectivity index (χ4n) is 1.37. The van der Waals surface area contributed by atoms with Crippen molar-refractivity contribution in [2.24, 2.45) is 0 Å². The molecule has 2 rings (SSSR count). The van der Waals surface area contributed by atoms with E-state index in [2.05, 4.69) is 4.98 Å². The summed E-state index contributed by atoms with van der Waals surface area (Å²) in [7, 11) is 0. The van der Waals surface area contributed by atoms with Crippen molar-refractivity contribution in [2.45, 2.75) is 0 Å². The third kappa shape index (κ3) is 3.53. The van der Waals surface area contributed by atoms with E-state index in [-0.39, 0.29) is 0 Å². The van der Waals surface area contributed by atoms with E-state index in [1.807, 2.05) is 0 Å². The molecule has 1 heterocycles. The summed E-state index contributed by atoms with van der Waals surface area (Å²) in [6.07, 6.45) is 1.62.